The summed E-state index contributed by atoms with van der Waals surface area (Å²) in [6.07, 6.45) is 5.59. The lowest BCUT2D eigenvalue weighted by atomic mass is 10.2. The fourth-order valence-electron chi connectivity index (χ4n) is 3.41. The Hall–Kier alpha value is -3.16. The first kappa shape index (κ1) is 18.2. The Morgan fingerprint density at radius 1 is 1.39 bits per heavy atom. The number of aromatic nitrogens is 4. The number of hydrogen-bond donors (Lipinski definition) is 0. The van der Waals surface area contributed by atoms with Gasteiger partial charge in [0.1, 0.15) is 17.5 Å². The van der Waals surface area contributed by atoms with Crippen LogP contribution in [0.5, 0.6) is 5.75 Å². The fourth-order valence-corrected chi connectivity index (χ4v) is 3.41. The Labute approximate surface area is 163 Å². The van der Waals surface area contributed by atoms with Crippen LogP contribution in [0, 0.1) is 6.92 Å². The normalized spacial score (nSPS) is 16.5. The maximum absolute atomic E-state index is 12.7. The number of amides is 1. The molecule has 0 N–H and O–H groups in total. The number of benzene rings is 1. The van der Waals surface area contributed by atoms with Crippen molar-refractivity contribution in [2.45, 2.75) is 32.2 Å². The molecule has 8 heteroatoms. The van der Waals surface area contributed by atoms with E-state index >= 15 is 0 Å². The van der Waals surface area contributed by atoms with Gasteiger partial charge in [-0.05, 0) is 37.5 Å². The average Bonchev–Trinajstić information content (AvgIpc) is 3.41. The Morgan fingerprint density at radius 3 is 3.07 bits per heavy atom. The van der Waals surface area contributed by atoms with E-state index in [0.29, 0.717) is 37.0 Å². The van der Waals surface area contributed by atoms with Crippen LogP contribution >= 0.6 is 0 Å². The maximum atomic E-state index is 12.7. The molecule has 8 nitrogen and oxygen atoms in total. The molecule has 0 aliphatic carbocycles. The molecule has 0 saturated carbocycles. The highest BCUT2D eigenvalue weighted by atomic mass is 16.5. The van der Waals surface area contributed by atoms with E-state index in [-0.39, 0.29) is 11.9 Å². The van der Waals surface area contributed by atoms with Gasteiger partial charge < -0.3 is 18.7 Å². The molecule has 4 rings (SSSR count). The van der Waals surface area contributed by atoms with Crippen molar-refractivity contribution in [1.82, 2.24) is 24.6 Å². The van der Waals surface area contributed by atoms with Crippen LogP contribution in [0.1, 0.15) is 46.7 Å². The number of nitrogens with zero attached hydrogens (tertiary/aromatic N) is 5. The van der Waals surface area contributed by atoms with Crippen LogP contribution in [-0.4, -0.2) is 43.7 Å². The quantitative estimate of drug-likeness (QED) is 0.653. The third kappa shape index (κ3) is 3.90. The number of rotatable bonds is 6. The van der Waals surface area contributed by atoms with Gasteiger partial charge in [-0.3, -0.25) is 4.79 Å². The number of carbonyl (C=O) groups excluding carboxylic acids is 1. The van der Waals surface area contributed by atoms with Crippen LogP contribution in [0.15, 0.2) is 41.3 Å². The van der Waals surface area contributed by atoms with Gasteiger partial charge in [0.05, 0.1) is 12.9 Å². The number of hydrogen-bond acceptors (Lipinski definition) is 6. The van der Waals surface area contributed by atoms with Gasteiger partial charge in [0.15, 0.2) is 5.82 Å². The van der Waals surface area contributed by atoms with Crippen molar-refractivity contribution in [1.29, 1.82) is 0 Å². The largest absolute Gasteiger partial charge is 0.493 e. The minimum atomic E-state index is -0.201. The van der Waals surface area contributed by atoms with E-state index in [2.05, 4.69) is 15.1 Å². The molecule has 1 saturated heterocycles. The molecule has 0 radical (unpaired) electrons. The van der Waals surface area contributed by atoms with Gasteiger partial charge in [0, 0.05) is 26.2 Å². The summed E-state index contributed by atoms with van der Waals surface area (Å²) < 4.78 is 13.0. The van der Waals surface area contributed by atoms with E-state index in [1.807, 2.05) is 38.2 Å². The molecule has 3 aromatic rings. The smallest absolute Gasteiger partial charge is 0.274 e. The van der Waals surface area contributed by atoms with Crippen LogP contribution in [-0.2, 0) is 13.5 Å². The second kappa shape index (κ2) is 7.84. The summed E-state index contributed by atoms with van der Waals surface area (Å²) >= 11 is 0. The molecule has 1 aliphatic rings. The summed E-state index contributed by atoms with van der Waals surface area (Å²) in [5.41, 5.74) is 1.58. The van der Waals surface area contributed by atoms with E-state index in [9.17, 15) is 4.79 Å². The van der Waals surface area contributed by atoms with Crippen molar-refractivity contribution in [2.75, 3.05) is 13.2 Å². The Kier molecular flexibility index (Phi) is 5.10. The highest BCUT2D eigenvalue weighted by Gasteiger charge is 2.35. The summed E-state index contributed by atoms with van der Waals surface area (Å²) in [5.74, 6) is 1.78. The Morgan fingerprint density at radius 2 is 2.29 bits per heavy atom. The second-order valence-electron chi connectivity index (χ2n) is 7.04. The van der Waals surface area contributed by atoms with Gasteiger partial charge in [-0.25, -0.2) is 4.98 Å². The lowest BCUT2D eigenvalue weighted by molar-refractivity contribution is 0.0704. The van der Waals surface area contributed by atoms with Crippen LogP contribution in [0.3, 0.4) is 0 Å². The predicted octanol–water partition coefficient (Wildman–Crippen LogP) is 2.71. The zero-order valence-electron chi connectivity index (χ0n) is 16.0. The Balaban J connectivity index is 1.38. The lowest BCUT2D eigenvalue weighted by Crippen LogP contribution is -2.31. The minimum absolute atomic E-state index is 0.106. The number of likely N-dealkylation sites (tertiary alicyclic amines) is 1. The molecule has 1 aliphatic heterocycles. The molecule has 1 unspecified atom stereocenters. The average molecular weight is 381 g/mol. The zero-order valence-corrected chi connectivity index (χ0v) is 16.0. The van der Waals surface area contributed by atoms with Gasteiger partial charge in [-0.1, -0.05) is 17.3 Å². The second-order valence-corrected chi connectivity index (χ2v) is 7.04. The molecule has 28 heavy (non-hydrogen) atoms. The van der Waals surface area contributed by atoms with Crippen LogP contribution in [0.2, 0.25) is 0 Å². The van der Waals surface area contributed by atoms with Gasteiger partial charge in [-0.2, -0.15) is 4.98 Å². The van der Waals surface area contributed by atoms with E-state index in [0.717, 1.165) is 24.2 Å². The van der Waals surface area contributed by atoms with Crippen molar-refractivity contribution < 1.29 is 14.1 Å². The molecule has 146 valence electrons. The summed E-state index contributed by atoms with van der Waals surface area (Å²) in [6, 6.07) is 7.70. The van der Waals surface area contributed by atoms with Crippen molar-refractivity contribution in [3.63, 3.8) is 0 Å². The summed E-state index contributed by atoms with van der Waals surface area (Å²) in [6.45, 7) is 3.15. The highest BCUT2D eigenvalue weighted by Crippen LogP contribution is 2.32. The van der Waals surface area contributed by atoms with Gasteiger partial charge in [-0.15, -0.1) is 0 Å². The molecule has 1 atom stereocenters. The van der Waals surface area contributed by atoms with Crippen LogP contribution in [0.25, 0.3) is 0 Å². The number of imidazole rings is 1. The van der Waals surface area contributed by atoms with Crippen LogP contribution < -0.4 is 4.74 Å². The third-order valence-electron chi connectivity index (χ3n) is 4.79. The number of carbonyl (C=O) groups is 1. The molecule has 3 heterocycles. The molecular weight excluding hydrogens is 358 g/mol. The molecule has 1 aromatic carbocycles. The third-order valence-corrected chi connectivity index (χ3v) is 4.79. The van der Waals surface area contributed by atoms with Crippen molar-refractivity contribution in [3.05, 3.63) is 59.8 Å². The van der Waals surface area contributed by atoms with E-state index in [1.54, 1.807) is 22.0 Å². The maximum Gasteiger partial charge on any atom is 0.274 e. The highest BCUT2D eigenvalue weighted by molar-refractivity contribution is 5.92. The number of ether oxygens (including phenoxy) is 1. The SMILES string of the molecule is Cc1cccc(OCCc2noc(C3CCCN3C(=O)c3cn(C)cn3)n2)c1. The van der Waals surface area contributed by atoms with E-state index in [4.69, 9.17) is 9.26 Å². The topological polar surface area (TPSA) is 86.3 Å². The van der Waals surface area contributed by atoms with E-state index < -0.39 is 0 Å². The predicted molar refractivity (Wildman–Crippen MR) is 101 cm³/mol. The zero-order chi connectivity index (χ0) is 19.5. The lowest BCUT2D eigenvalue weighted by Gasteiger charge is -2.20. The first-order valence-corrected chi connectivity index (χ1v) is 9.41. The molecule has 1 fully saturated rings. The number of aryl methyl sites for hydroxylation is 2. The van der Waals surface area contributed by atoms with E-state index in [1.165, 1.54) is 0 Å². The molecular formula is C20H23N5O3. The van der Waals surface area contributed by atoms with Crippen LogP contribution in [0.4, 0.5) is 0 Å². The molecule has 1 amide bonds. The summed E-state index contributed by atoms with van der Waals surface area (Å²) in [4.78, 5) is 23.2. The van der Waals surface area contributed by atoms with Gasteiger partial charge in [0.25, 0.3) is 5.91 Å². The first-order valence-electron chi connectivity index (χ1n) is 9.41. The summed E-state index contributed by atoms with van der Waals surface area (Å²) in [7, 11) is 1.84. The monoisotopic (exact) mass is 381 g/mol. The van der Waals surface area contributed by atoms with Gasteiger partial charge >= 0.3 is 0 Å². The van der Waals surface area contributed by atoms with Gasteiger partial charge in [0.2, 0.25) is 5.89 Å². The fraction of sp³-hybridized carbons (Fsp3) is 0.400. The molecule has 0 bridgehead atoms. The molecule has 0 spiro atoms. The standard InChI is InChI=1S/C20H23N5O3/c1-14-5-3-6-15(11-14)27-10-8-18-22-19(28-23-18)17-7-4-9-25(17)20(26)16-12-24(2)13-21-16/h3,5-6,11-13,17H,4,7-10H2,1-2H3. The van der Waals surface area contributed by atoms with Crippen molar-refractivity contribution in [3.8, 4) is 5.75 Å². The Bertz CT molecular complexity index is 964. The molecule has 2 aromatic heterocycles. The first-order chi connectivity index (χ1) is 13.6. The van der Waals surface area contributed by atoms with Crippen molar-refractivity contribution >= 4 is 5.91 Å². The minimum Gasteiger partial charge on any atom is -0.493 e. The summed E-state index contributed by atoms with van der Waals surface area (Å²) in [5, 5.41) is 4.06. The van der Waals surface area contributed by atoms with Crippen molar-refractivity contribution in [2.24, 2.45) is 7.05 Å².